The maximum atomic E-state index is 11.6. The third-order valence-electron chi connectivity index (χ3n) is 4.99. The minimum Gasteiger partial charge on any atom is -0.357 e. The second-order valence-electron chi connectivity index (χ2n) is 7.13. The zero-order valence-electron chi connectivity index (χ0n) is 17.3. The Morgan fingerprint density at radius 1 is 1.14 bits per heavy atom. The third kappa shape index (κ3) is 4.52. The summed E-state index contributed by atoms with van der Waals surface area (Å²) in [5, 5.41) is 8.02. The Morgan fingerprint density at radius 3 is 2.43 bits per heavy atom. The fraction of sp³-hybridized carbons (Fsp3) is 0.476. The number of aryl methyl sites for hydroxylation is 2. The van der Waals surface area contributed by atoms with Crippen molar-refractivity contribution in [2.75, 3.05) is 32.7 Å². The van der Waals surface area contributed by atoms with E-state index in [4.69, 9.17) is 4.99 Å². The number of guanidine groups is 1. The molecule has 1 amide bonds. The first-order valence-electron chi connectivity index (χ1n) is 9.90. The summed E-state index contributed by atoms with van der Waals surface area (Å²) >= 11 is 0. The van der Waals surface area contributed by atoms with Crippen LogP contribution in [0.15, 0.2) is 35.3 Å². The Bertz CT molecular complexity index is 848. The van der Waals surface area contributed by atoms with Crippen LogP contribution >= 0.6 is 0 Å². The van der Waals surface area contributed by atoms with Crippen molar-refractivity contribution in [2.24, 2.45) is 4.99 Å². The Morgan fingerprint density at radius 2 is 1.82 bits per heavy atom. The summed E-state index contributed by atoms with van der Waals surface area (Å²) in [5.41, 5.74) is 4.31. The van der Waals surface area contributed by atoms with E-state index >= 15 is 0 Å². The molecule has 0 aliphatic carbocycles. The highest BCUT2D eigenvalue weighted by molar-refractivity contribution is 5.80. The van der Waals surface area contributed by atoms with Crippen LogP contribution < -0.4 is 5.32 Å². The second kappa shape index (κ2) is 8.91. The number of rotatable bonds is 4. The topological polar surface area (TPSA) is 65.8 Å². The lowest BCUT2D eigenvalue weighted by Crippen LogP contribution is -2.53. The molecule has 1 aliphatic rings. The molecule has 0 atom stereocenters. The lowest BCUT2D eigenvalue weighted by Gasteiger charge is -2.36. The van der Waals surface area contributed by atoms with Crippen LogP contribution in [-0.2, 0) is 11.3 Å². The van der Waals surface area contributed by atoms with Crippen LogP contribution in [0, 0.1) is 13.8 Å². The molecule has 28 heavy (non-hydrogen) atoms. The number of hydrogen-bond acceptors (Lipinski definition) is 3. The van der Waals surface area contributed by atoms with Gasteiger partial charge in [0.25, 0.3) is 0 Å². The average molecular weight is 383 g/mol. The van der Waals surface area contributed by atoms with Gasteiger partial charge in [-0.05, 0) is 38.5 Å². The summed E-state index contributed by atoms with van der Waals surface area (Å²) in [7, 11) is 0. The summed E-state index contributed by atoms with van der Waals surface area (Å²) in [6.45, 7) is 12.2. The van der Waals surface area contributed by atoms with Crippen LogP contribution in [0.4, 0.5) is 0 Å². The minimum absolute atomic E-state index is 0.139. The molecule has 1 saturated heterocycles. The van der Waals surface area contributed by atoms with Crippen molar-refractivity contribution in [3.8, 4) is 5.69 Å². The van der Waals surface area contributed by atoms with Gasteiger partial charge < -0.3 is 15.1 Å². The molecule has 2 heterocycles. The smallest absolute Gasteiger partial charge is 0.219 e. The molecule has 1 fully saturated rings. The molecule has 0 bridgehead atoms. The second-order valence-corrected chi connectivity index (χ2v) is 7.13. The number of hydrogen-bond donors (Lipinski definition) is 1. The summed E-state index contributed by atoms with van der Waals surface area (Å²) in [6.07, 6.45) is 0. The van der Waals surface area contributed by atoms with Crippen molar-refractivity contribution < 1.29 is 4.79 Å². The van der Waals surface area contributed by atoms with Crippen molar-refractivity contribution in [3.05, 3.63) is 47.3 Å². The van der Waals surface area contributed by atoms with Crippen molar-refractivity contribution in [3.63, 3.8) is 0 Å². The zero-order chi connectivity index (χ0) is 20.1. The minimum atomic E-state index is 0.139. The number of para-hydroxylation sites is 1. The number of carbonyl (C=O) groups is 1. The molecule has 1 aliphatic heterocycles. The van der Waals surface area contributed by atoms with Crippen LogP contribution in [0.25, 0.3) is 5.69 Å². The average Bonchev–Trinajstić information content (AvgIpc) is 3.03. The Kier molecular flexibility index (Phi) is 6.34. The van der Waals surface area contributed by atoms with E-state index in [-0.39, 0.29) is 5.91 Å². The number of benzene rings is 1. The molecule has 150 valence electrons. The van der Waals surface area contributed by atoms with Gasteiger partial charge in [-0.3, -0.25) is 4.79 Å². The quantitative estimate of drug-likeness (QED) is 0.650. The first-order valence-corrected chi connectivity index (χ1v) is 9.90. The number of aliphatic imine (C=N–C) groups is 1. The lowest BCUT2D eigenvalue weighted by atomic mass is 10.2. The van der Waals surface area contributed by atoms with E-state index in [0.29, 0.717) is 6.54 Å². The summed E-state index contributed by atoms with van der Waals surface area (Å²) in [6, 6.07) is 10.3. The van der Waals surface area contributed by atoms with Gasteiger partial charge in [-0.1, -0.05) is 18.2 Å². The highest BCUT2D eigenvalue weighted by atomic mass is 16.2. The van der Waals surface area contributed by atoms with E-state index in [2.05, 4.69) is 47.4 Å². The highest BCUT2D eigenvalue weighted by Crippen LogP contribution is 2.18. The van der Waals surface area contributed by atoms with Gasteiger partial charge in [0.2, 0.25) is 5.91 Å². The summed E-state index contributed by atoms with van der Waals surface area (Å²) < 4.78 is 1.98. The fourth-order valence-electron chi connectivity index (χ4n) is 3.54. The third-order valence-corrected chi connectivity index (χ3v) is 4.99. The SMILES string of the molecule is CCNC(=NCc1ccccc1-n1nc(C)cc1C)N1CCN(C(C)=O)CC1. The van der Waals surface area contributed by atoms with E-state index < -0.39 is 0 Å². The molecule has 3 rings (SSSR count). The van der Waals surface area contributed by atoms with Crippen molar-refractivity contribution in [2.45, 2.75) is 34.2 Å². The molecule has 1 aromatic heterocycles. The van der Waals surface area contributed by atoms with Gasteiger partial charge in [0.05, 0.1) is 17.9 Å². The van der Waals surface area contributed by atoms with Crippen molar-refractivity contribution in [1.29, 1.82) is 0 Å². The first kappa shape index (κ1) is 19.9. The van der Waals surface area contributed by atoms with Crippen LogP contribution in [-0.4, -0.2) is 64.2 Å². The van der Waals surface area contributed by atoms with Crippen molar-refractivity contribution in [1.82, 2.24) is 24.9 Å². The molecule has 1 N–H and O–H groups in total. The maximum absolute atomic E-state index is 11.6. The molecular weight excluding hydrogens is 352 g/mol. The van der Waals surface area contributed by atoms with Crippen LogP contribution in [0.2, 0.25) is 0 Å². The molecule has 2 aromatic rings. The zero-order valence-corrected chi connectivity index (χ0v) is 17.3. The predicted octanol–water partition coefficient (Wildman–Crippen LogP) is 2.12. The van der Waals surface area contributed by atoms with E-state index in [1.54, 1.807) is 6.92 Å². The van der Waals surface area contributed by atoms with E-state index in [9.17, 15) is 4.79 Å². The number of carbonyl (C=O) groups excluding carboxylic acids is 1. The Hall–Kier alpha value is -2.83. The fourth-order valence-corrected chi connectivity index (χ4v) is 3.54. The molecule has 7 nitrogen and oxygen atoms in total. The number of nitrogens with one attached hydrogen (secondary N) is 1. The van der Waals surface area contributed by atoms with Gasteiger partial charge >= 0.3 is 0 Å². The first-order chi connectivity index (χ1) is 13.5. The van der Waals surface area contributed by atoms with Crippen LogP contribution in [0.5, 0.6) is 0 Å². The van der Waals surface area contributed by atoms with Gasteiger partial charge in [0.1, 0.15) is 0 Å². The maximum Gasteiger partial charge on any atom is 0.219 e. The Balaban J connectivity index is 1.79. The van der Waals surface area contributed by atoms with Gasteiger partial charge in [0, 0.05) is 45.3 Å². The molecule has 1 aromatic carbocycles. The van der Waals surface area contributed by atoms with Crippen molar-refractivity contribution >= 4 is 11.9 Å². The molecule has 0 spiro atoms. The molecular formula is C21H30N6O. The number of aromatic nitrogens is 2. The largest absolute Gasteiger partial charge is 0.357 e. The van der Waals surface area contributed by atoms with E-state index in [1.807, 2.05) is 28.6 Å². The van der Waals surface area contributed by atoms with E-state index in [1.165, 1.54) is 0 Å². The number of nitrogens with zero attached hydrogens (tertiary/aromatic N) is 5. The normalized spacial score (nSPS) is 15.1. The monoisotopic (exact) mass is 382 g/mol. The van der Waals surface area contributed by atoms with Gasteiger partial charge in [-0.2, -0.15) is 5.10 Å². The van der Waals surface area contributed by atoms with Crippen LogP contribution in [0.3, 0.4) is 0 Å². The molecule has 0 saturated carbocycles. The molecule has 0 unspecified atom stereocenters. The van der Waals surface area contributed by atoms with Gasteiger partial charge in [-0.25, -0.2) is 9.67 Å². The molecule has 7 heteroatoms. The standard InChI is InChI=1S/C21H30N6O/c1-5-22-21(26-12-10-25(11-13-26)18(4)28)23-15-19-8-6-7-9-20(19)27-17(3)14-16(2)24-27/h6-9,14H,5,10-13,15H2,1-4H3,(H,22,23). The highest BCUT2D eigenvalue weighted by Gasteiger charge is 2.21. The molecule has 0 radical (unpaired) electrons. The number of amides is 1. The Labute approximate surface area is 167 Å². The van der Waals surface area contributed by atoms with Crippen LogP contribution in [0.1, 0.15) is 30.8 Å². The predicted molar refractivity (Wildman–Crippen MR) is 112 cm³/mol. The lowest BCUT2D eigenvalue weighted by molar-refractivity contribution is -0.130. The summed E-state index contributed by atoms with van der Waals surface area (Å²) in [5.74, 6) is 1.04. The van der Waals surface area contributed by atoms with Gasteiger partial charge in [0.15, 0.2) is 5.96 Å². The summed E-state index contributed by atoms with van der Waals surface area (Å²) in [4.78, 5) is 20.6. The van der Waals surface area contributed by atoms with E-state index in [0.717, 1.165) is 61.3 Å². The van der Waals surface area contributed by atoms with Gasteiger partial charge in [-0.15, -0.1) is 0 Å². The number of piperazine rings is 1.